The van der Waals surface area contributed by atoms with E-state index >= 15 is 0 Å². The van der Waals surface area contributed by atoms with Crippen molar-refractivity contribution >= 4 is 43.9 Å². The van der Waals surface area contributed by atoms with Crippen LogP contribution in [0.3, 0.4) is 0 Å². The molecule has 2 aliphatic carbocycles. The number of para-hydroxylation sites is 1. The second-order valence-electron chi connectivity index (χ2n) is 15.2. The first-order chi connectivity index (χ1) is 28.3. The van der Waals surface area contributed by atoms with Gasteiger partial charge in [-0.05, 0) is 63.2 Å². The van der Waals surface area contributed by atoms with Gasteiger partial charge in [-0.3, -0.25) is 0 Å². The third kappa shape index (κ3) is 3.96. The molecule has 0 unspecified atom stereocenters. The van der Waals surface area contributed by atoms with E-state index in [-0.39, 0.29) is 0 Å². The van der Waals surface area contributed by atoms with Crippen LogP contribution in [0.25, 0.3) is 94.5 Å². The lowest BCUT2D eigenvalue weighted by molar-refractivity contribution is 0.653. The predicted molar refractivity (Wildman–Crippen MR) is 231 cm³/mol. The minimum Gasteiger partial charge on any atom is -0.438 e. The first kappa shape index (κ1) is 30.7. The second-order valence-corrected chi connectivity index (χ2v) is 15.2. The van der Waals surface area contributed by atoms with Crippen molar-refractivity contribution < 1.29 is 4.42 Å². The lowest BCUT2D eigenvalue weighted by atomic mass is 9.70. The molecule has 0 saturated heterocycles. The van der Waals surface area contributed by atoms with Gasteiger partial charge in [0.2, 0.25) is 5.71 Å². The summed E-state index contributed by atoms with van der Waals surface area (Å²) in [5, 5.41) is 4.34. The van der Waals surface area contributed by atoms with Crippen LogP contribution in [0, 0.1) is 0 Å². The van der Waals surface area contributed by atoms with Crippen molar-refractivity contribution in [1.29, 1.82) is 0 Å². The summed E-state index contributed by atoms with van der Waals surface area (Å²) in [5.74, 6) is 0.641. The van der Waals surface area contributed by atoms with Gasteiger partial charge in [0.15, 0.2) is 5.82 Å². The quantitative estimate of drug-likeness (QED) is 0.182. The topological polar surface area (TPSA) is 43.9 Å². The molecule has 0 aliphatic heterocycles. The highest BCUT2D eigenvalue weighted by Gasteiger charge is 2.52. The Morgan fingerprint density at radius 2 is 1.07 bits per heavy atom. The largest absolute Gasteiger partial charge is 0.438 e. The first-order valence-electron chi connectivity index (χ1n) is 19.5. The molecule has 264 valence electrons. The summed E-state index contributed by atoms with van der Waals surface area (Å²) in [7, 11) is 0. The highest BCUT2D eigenvalue weighted by molar-refractivity contribution is 6.17. The van der Waals surface area contributed by atoms with Gasteiger partial charge in [0.1, 0.15) is 5.58 Å². The number of benzene rings is 8. The van der Waals surface area contributed by atoms with Gasteiger partial charge < -0.3 is 8.98 Å². The fraction of sp³-hybridized carbons (Fsp3) is 0.0189. The third-order valence-corrected chi connectivity index (χ3v) is 12.4. The number of rotatable bonds is 3. The zero-order valence-electron chi connectivity index (χ0n) is 30.6. The molecular weight excluding hydrogens is 695 g/mol. The van der Waals surface area contributed by atoms with Gasteiger partial charge in [-0.1, -0.05) is 164 Å². The van der Waals surface area contributed by atoms with Gasteiger partial charge in [0, 0.05) is 38.5 Å². The van der Waals surface area contributed by atoms with Gasteiger partial charge in [0.05, 0.1) is 27.5 Å². The highest BCUT2D eigenvalue weighted by atomic mass is 16.3. The number of nitrogens with zero attached hydrogens (tertiary/aromatic N) is 3. The van der Waals surface area contributed by atoms with Crippen molar-refractivity contribution in [2.45, 2.75) is 5.41 Å². The summed E-state index contributed by atoms with van der Waals surface area (Å²) < 4.78 is 9.09. The van der Waals surface area contributed by atoms with E-state index in [9.17, 15) is 0 Å². The molecular formula is C53H31N3O. The molecule has 0 N–H and O–H groups in total. The molecule has 0 radical (unpaired) electrons. The molecule has 57 heavy (non-hydrogen) atoms. The summed E-state index contributed by atoms with van der Waals surface area (Å²) in [6.45, 7) is 0. The number of fused-ring (bicyclic) bond motifs is 17. The Bertz CT molecular complexity index is 3420. The molecule has 0 amide bonds. The molecule has 0 atom stereocenters. The molecule has 0 fully saturated rings. The molecule has 4 nitrogen and oxygen atoms in total. The van der Waals surface area contributed by atoms with Crippen molar-refractivity contribution in [3.63, 3.8) is 0 Å². The van der Waals surface area contributed by atoms with E-state index in [1.165, 1.54) is 60.8 Å². The van der Waals surface area contributed by atoms with Crippen molar-refractivity contribution in [2.75, 3.05) is 0 Å². The molecule has 13 rings (SSSR count). The van der Waals surface area contributed by atoms with Crippen LogP contribution in [-0.4, -0.2) is 14.5 Å². The Morgan fingerprint density at radius 3 is 1.81 bits per heavy atom. The van der Waals surface area contributed by atoms with E-state index in [0.717, 1.165) is 44.4 Å². The van der Waals surface area contributed by atoms with Crippen LogP contribution >= 0.6 is 0 Å². The molecule has 3 heterocycles. The van der Waals surface area contributed by atoms with Crippen molar-refractivity contribution in [3.8, 4) is 50.6 Å². The van der Waals surface area contributed by atoms with Gasteiger partial charge in [-0.15, -0.1) is 0 Å². The zero-order valence-corrected chi connectivity index (χ0v) is 30.6. The summed E-state index contributed by atoms with van der Waals surface area (Å²) >= 11 is 0. The van der Waals surface area contributed by atoms with E-state index in [1.807, 2.05) is 36.4 Å². The smallest absolute Gasteiger partial charge is 0.231 e. The third-order valence-electron chi connectivity index (χ3n) is 12.4. The maximum Gasteiger partial charge on any atom is 0.231 e. The lowest BCUT2D eigenvalue weighted by Gasteiger charge is -2.30. The van der Waals surface area contributed by atoms with Gasteiger partial charge in [-0.25, -0.2) is 4.98 Å². The Balaban J connectivity index is 1.14. The molecule has 8 aromatic carbocycles. The summed E-state index contributed by atoms with van der Waals surface area (Å²) in [5.41, 5.74) is 17.7. The standard InChI is InChI=1S/C53H31N3O/c1-3-15-32(16-4-1)49-48-40-31-34(27-30-46(40)57-52(48)55-51(54-49)33-17-5-2-6-18-33)56-45-26-14-10-21-37(45)38-28-29-44-47(50(38)56)39-22-9-13-25-43(39)53(44)41-23-11-7-19-35(41)36-20-8-12-24-42(36)53/h1-31H. The van der Waals surface area contributed by atoms with Crippen molar-refractivity contribution in [2.24, 2.45) is 0 Å². The average Bonchev–Trinajstić information content (AvgIpc) is 4.00. The Morgan fingerprint density at radius 1 is 0.456 bits per heavy atom. The van der Waals surface area contributed by atoms with Gasteiger partial charge in [-0.2, -0.15) is 4.98 Å². The van der Waals surface area contributed by atoms with E-state index in [1.54, 1.807) is 0 Å². The van der Waals surface area contributed by atoms with Crippen LogP contribution in [0.4, 0.5) is 0 Å². The number of hydrogen-bond donors (Lipinski definition) is 0. The molecule has 1 spiro atoms. The first-order valence-corrected chi connectivity index (χ1v) is 19.5. The van der Waals surface area contributed by atoms with Crippen LogP contribution in [-0.2, 0) is 5.41 Å². The zero-order chi connectivity index (χ0) is 37.2. The summed E-state index contributed by atoms with van der Waals surface area (Å²) in [6, 6.07) is 67.8. The normalized spacial score (nSPS) is 13.4. The van der Waals surface area contributed by atoms with E-state index < -0.39 is 5.41 Å². The molecule has 2 aliphatic rings. The van der Waals surface area contributed by atoms with E-state index in [4.69, 9.17) is 14.4 Å². The Labute approximate surface area is 328 Å². The van der Waals surface area contributed by atoms with E-state index in [0.29, 0.717) is 11.5 Å². The number of hydrogen-bond acceptors (Lipinski definition) is 3. The van der Waals surface area contributed by atoms with E-state index in [2.05, 4.69) is 156 Å². The van der Waals surface area contributed by atoms with Gasteiger partial charge in [0.25, 0.3) is 0 Å². The number of furan rings is 1. The van der Waals surface area contributed by atoms with Crippen molar-refractivity contribution in [1.82, 2.24) is 14.5 Å². The maximum atomic E-state index is 6.61. The monoisotopic (exact) mass is 725 g/mol. The number of aromatic nitrogens is 3. The molecule has 11 aromatic rings. The van der Waals surface area contributed by atoms with Crippen LogP contribution in [0.2, 0.25) is 0 Å². The molecule has 3 aromatic heterocycles. The fourth-order valence-corrected chi connectivity index (χ4v) is 10.2. The second kappa shape index (κ2) is 11.2. The molecule has 4 heteroatoms. The van der Waals surface area contributed by atoms with Crippen molar-refractivity contribution in [3.05, 3.63) is 210 Å². The van der Waals surface area contributed by atoms with Gasteiger partial charge >= 0.3 is 0 Å². The molecule has 0 bridgehead atoms. The SMILES string of the molecule is c1ccc(-c2nc(-c3ccccc3)c3c(n2)oc2ccc(-n4c5ccccc5c5ccc6c(c54)-c4ccccc4C64c5ccccc5-c5ccccc54)cc23)cc1. The molecule has 0 saturated carbocycles. The van der Waals surface area contributed by atoms with Crippen LogP contribution in [0.15, 0.2) is 192 Å². The minimum absolute atomic E-state index is 0.433. The maximum absolute atomic E-state index is 6.61. The Hall–Kier alpha value is -7.56. The predicted octanol–water partition coefficient (Wildman–Crippen LogP) is 13.2. The highest BCUT2D eigenvalue weighted by Crippen LogP contribution is 2.64. The minimum atomic E-state index is -0.433. The lowest BCUT2D eigenvalue weighted by Crippen LogP contribution is -2.25. The van der Waals surface area contributed by atoms with Crippen LogP contribution in [0.1, 0.15) is 22.3 Å². The van der Waals surface area contributed by atoms with Crippen LogP contribution < -0.4 is 0 Å². The average molecular weight is 726 g/mol. The van der Waals surface area contributed by atoms with Crippen LogP contribution in [0.5, 0.6) is 0 Å². The summed E-state index contributed by atoms with van der Waals surface area (Å²) in [6.07, 6.45) is 0. The Kier molecular flexibility index (Phi) is 6.07. The fourth-order valence-electron chi connectivity index (χ4n) is 10.2. The summed E-state index contributed by atoms with van der Waals surface area (Å²) in [4.78, 5) is 10.3.